The van der Waals surface area contributed by atoms with E-state index in [1.807, 2.05) is 30.1 Å². The molecule has 1 heterocycles. The van der Waals surface area contributed by atoms with Crippen molar-refractivity contribution >= 4 is 12.6 Å². The molecule has 0 aliphatic rings. The summed E-state index contributed by atoms with van der Waals surface area (Å²) in [4.78, 5) is 0. The summed E-state index contributed by atoms with van der Waals surface area (Å²) in [6.45, 7) is 0. The molecule has 0 spiro atoms. The molecule has 9 heavy (non-hydrogen) atoms. The third-order valence-corrected chi connectivity index (χ3v) is 1.39. The van der Waals surface area contributed by atoms with Gasteiger partial charge < -0.3 is 17.2 Å². The summed E-state index contributed by atoms with van der Waals surface area (Å²) in [6, 6.07) is 2.03. The second-order valence-electron chi connectivity index (χ2n) is 1.83. The number of aryl methyl sites for hydroxylation is 1. The number of nitrogens with zero attached hydrogens (tertiary/aromatic N) is 1. The van der Waals surface area contributed by atoms with Gasteiger partial charge in [-0.1, -0.05) is 5.56 Å². The van der Waals surface area contributed by atoms with Gasteiger partial charge in [-0.3, -0.25) is 0 Å². The average Bonchev–Trinajstić information content (AvgIpc) is 2.14. The summed E-state index contributed by atoms with van der Waals surface area (Å²) < 4.78 is 2.00. The van der Waals surface area contributed by atoms with Crippen LogP contribution in [0.3, 0.4) is 0 Å². The van der Waals surface area contributed by atoms with Crippen molar-refractivity contribution in [2.24, 2.45) is 7.05 Å². The number of hydrogen-bond acceptors (Lipinski definition) is 1. The van der Waals surface area contributed by atoms with Crippen LogP contribution in [0.15, 0.2) is 18.5 Å². The van der Waals surface area contributed by atoms with Crippen LogP contribution in [0.25, 0.3) is 0 Å². The van der Waals surface area contributed by atoms with Crippen LogP contribution >= 0.6 is 0 Å². The Bertz CT molecular complexity index is 173. The summed E-state index contributed by atoms with van der Waals surface area (Å²) in [7, 11) is 1.99. The quantitative estimate of drug-likeness (QED) is 0.581. The van der Waals surface area contributed by atoms with Crippen LogP contribution in [0.5, 0.6) is 0 Å². The van der Waals surface area contributed by atoms with Crippen molar-refractivity contribution < 1.29 is 18.6 Å². The van der Waals surface area contributed by atoms with Gasteiger partial charge in [-0.2, -0.15) is 0 Å². The average molecular weight is 177 g/mol. The largest absolute Gasteiger partial charge is 0.788 e. The summed E-state index contributed by atoms with van der Waals surface area (Å²) >= 11 is 4.82. The molecule has 0 aliphatic carbocycles. The predicted molar refractivity (Wildman–Crippen MR) is 36.5 cm³/mol. The summed E-state index contributed by atoms with van der Waals surface area (Å²) in [5.41, 5.74) is 1.22. The Kier molecular flexibility index (Phi) is 4.20. The van der Waals surface area contributed by atoms with E-state index >= 15 is 0 Å². The Morgan fingerprint density at radius 2 is 2.33 bits per heavy atom. The van der Waals surface area contributed by atoms with Gasteiger partial charge in [0.2, 0.25) is 0 Å². The molecule has 0 unspecified atom stereocenters. The number of rotatable bonds is 1. The molecule has 0 atom stereocenters. The molecule has 1 rings (SSSR count). The van der Waals surface area contributed by atoms with Gasteiger partial charge in [-0.05, 0) is 6.07 Å². The molecule has 1 aromatic rings. The van der Waals surface area contributed by atoms with E-state index in [0.717, 1.165) is 5.75 Å². The van der Waals surface area contributed by atoms with Crippen LogP contribution in [0.4, 0.5) is 0 Å². The van der Waals surface area contributed by atoms with Crippen molar-refractivity contribution in [2.45, 2.75) is 5.75 Å². The van der Waals surface area contributed by atoms with Crippen LogP contribution < -0.4 is 0 Å². The Balaban J connectivity index is 0.000000640. The molecule has 0 amide bonds. The Morgan fingerprint density at radius 3 is 2.56 bits per heavy atom. The summed E-state index contributed by atoms with van der Waals surface area (Å²) in [6.07, 6.45) is 4.04. The second kappa shape index (κ2) is 4.10. The number of aromatic nitrogens is 1. The molecule has 49 valence electrons. The zero-order chi connectivity index (χ0) is 5.98. The van der Waals surface area contributed by atoms with Gasteiger partial charge in [-0.25, -0.2) is 0 Å². The SMILES string of the molecule is Cn1ccc(C[S-])c1.[V]. The van der Waals surface area contributed by atoms with Gasteiger partial charge in [0.15, 0.2) is 0 Å². The molecule has 1 radical (unpaired) electrons. The van der Waals surface area contributed by atoms with Crippen molar-refractivity contribution in [1.29, 1.82) is 0 Å². The van der Waals surface area contributed by atoms with E-state index in [2.05, 4.69) is 0 Å². The maximum Gasteiger partial charge on any atom is 0.0106 e. The minimum absolute atomic E-state index is 0. The van der Waals surface area contributed by atoms with Crippen molar-refractivity contribution in [1.82, 2.24) is 4.57 Å². The molecule has 0 saturated heterocycles. The molecular weight excluding hydrogens is 169 g/mol. The van der Waals surface area contributed by atoms with Gasteiger partial charge in [-0.15, -0.1) is 5.75 Å². The Morgan fingerprint density at radius 1 is 1.67 bits per heavy atom. The molecule has 0 aromatic carbocycles. The Labute approximate surface area is 72.7 Å². The van der Waals surface area contributed by atoms with Crippen molar-refractivity contribution in [3.63, 3.8) is 0 Å². The van der Waals surface area contributed by atoms with Crippen LogP contribution in [-0.2, 0) is 44.0 Å². The fourth-order valence-electron chi connectivity index (χ4n) is 0.646. The first-order valence-electron chi connectivity index (χ1n) is 2.52. The van der Waals surface area contributed by atoms with Crippen LogP contribution in [0.2, 0.25) is 0 Å². The van der Waals surface area contributed by atoms with Crippen molar-refractivity contribution in [2.75, 3.05) is 0 Å². The first-order valence-corrected chi connectivity index (χ1v) is 3.09. The van der Waals surface area contributed by atoms with Crippen molar-refractivity contribution in [3.05, 3.63) is 24.0 Å². The molecule has 1 aromatic heterocycles. The fraction of sp³-hybridized carbons (Fsp3) is 0.333. The number of hydrogen-bond donors (Lipinski definition) is 0. The van der Waals surface area contributed by atoms with Gasteiger partial charge in [0.05, 0.1) is 0 Å². The van der Waals surface area contributed by atoms with E-state index in [4.69, 9.17) is 12.6 Å². The molecule has 1 nitrogen and oxygen atoms in total. The van der Waals surface area contributed by atoms with Crippen LogP contribution in [-0.4, -0.2) is 4.57 Å². The third-order valence-electron chi connectivity index (χ3n) is 1.06. The zero-order valence-electron chi connectivity index (χ0n) is 5.24. The molecule has 3 heteroatoms. The molecule has 0 aliphatic heterocycles. The molecular formula is C6H8NSV-. The van der Waals surface area contributed by atoms with Gasteiger partial charge in [0, 0.05) is 38.0 Å². The van der Waals surface area contributed by atoms with E-state index < -0.39 is 0 Å². The van der Waals surface area contributed by atoms with E-state index in [-0.39, 0.29) is 18.6 Å². The fourth-order valence-corrected chi connectivity index (χ4v) is 0.817. The van der Waals surface area contributed by atoms with E-state index in [1.165, 1.54) is 5.56 Å². The second-order valence-corrected chi connectivity index (χ2v) is 2.12. The topological polar surface area (TPSA) is 4.93 Å². The zero-order valence-corrected chi connectivity index (χ0v) is 7.46. The van der Waals surface area contributed by atoms with Gasteiger partial charge in [0.1, 0.15) is 0 Å². The minimum atomic E-state index is 0. The smallest absolute Gasteiger partial charge is 0.0106 e. The molecule has 0 N–H and O–H groups in total. The van der Waals surface area contributed by atoms with Crippen LogP contribution in [0.1, 0.15) is 5.56 Å². The van der Waals surface area contributed by atoms with Crippen LogP contribution in [0, 0.1) is 0 Å². The monoisotopic (exact) mass is 177 g/mol. The first-order chi connectivity index (χ1) is 3.83. The predicted octanol–water partition coefficient (Wildman–Crippen LogP) is 1.07. The van der Waals surface area contributed by atoms with Crippen molar-refractivity contribution in [3.8, 4) is 0 Å². The maximum absolute atomic E-state index is 4.82. The summed E-state index contributed by atoms with van der Waals surface area (Å²) in [5, 5.41) is 0. The summed E-state index contributed by atoms with van der Waals surface area (Å²) in [5.74, 6) is 0.723. The standard InChI is InChI=1S/C6H9NS.V/c1-7-3-2-6(4-7)5-8;/h2-4,8H,5H2,1H3;/p-1. The minimum Gasteiger partial charge on any atom is -0.788 e. The normalized spacial score (nSPS) is 8.67. The molecule has 0 saturated carbocycles. The first kappa shape index (κ1) is 9.21. The van der Waals surface area contributed by atoms with Gasteiger partial charge >= 0.3 is 0 Å². The molecule has 0 bridgehead atoms. The molecule has 0 fully saturated rings. The van der Waals surface area contributed by atoms with E-state index in [1.54, 1.807) is 0 Å². The maximum atomic E-state index is 4.82. The van der Waals surface area contributed by atoms with Gasteiger partial charge in [0.25, 0.3) is 0 Å². The van der Waals surface area contributed by atoms with E-state index in [0.29, 0.717) is 0 Å². The third kappa shape index (κ3) is 2.52. The van der Waals surface area contributed by atoms with E-state index in [9.17, 15) is 0 Å². The Hall–Kier alpha value is 0.214.